The number of nitrogens with one attached hydrogen (secondary N) is 1. The molecule has 94 valence electrons. The molecule has 0 spiro atoms. The summed E-state index contributed by atoms with van der Waals surface area (Å²) in [5.41, 5.74) is 6.40. The predicted molar refractivity (Wildman–Crippen MR) is 65.2 cm³/mol. The average Bonchev–Trinajstić information content (AvgIpc) is 2.23. The highest BCUT2D eigenvalue weighted by atomic mass is 19.1. The number of anilines is 3. The van der Waals surface area contributed by atoms with E-state index in [4.69, 9.17) is 5.73 Å². The number of halogens is 3. The van der Waals surface area contributed by atoms with Crippen molar-refractivity contribution in [1.82, 2.24) is 0 Å². The fourth-order valence-electron chi connectivity index (χ4n) is 1.65. The summed E-state index contributed by atoms with van der Waals surface area (Å²) in [6, 6.07) is 5.96. The minimum absolute atomic E-state index is 0.0671. The van der Waals surface area contributed by atoms with Gasteiger partial charge in [-0.15, -0.1) is 0 Å². The first-order valence-electron chi connectivity index (χ1n) is 5.24. The maximum absolute atomic E-state index is 13.2. The fraction of sp³-hybridized carbons (Fsp3) is 0.0769. The van der Waals surface area contributed by atoms with Crippen molar-refractivity contribution in [3.63, 3.8) is 0 Å². The number of hydrogen-bond donors (Lipinski definition) is 2. The van der Waals surface area contributed by atoms with E-state index >= 15 is 0 Å². The Labute approximate surface area is 102 Å². The van der Waals surface area contributed by atoms with Crippen molar-refractivity contribution in [2.24, 2.45) is 0 Å². The molecule has 0 saturated heterocycles. The topological polar surface area (TPSA) is 38.0 Å². The third kappa shape index (κ3) is 2.56. The van der Waals surface area contributed by atoms with Crippen molar-refractivity contribution in [2.75, 3.05) is 11.1 Å². The normalized spacial score (nSPS) is 10.4. The van der Waals surface area contributed by atoms with Crippen LogP contribution in [0.15, 0.2) is 30.3 Å². The molecule has 0 aliphatic heterocycles. The van der Waals surface area contributed by atoms with Crippen LogP contribution in [0.4, 0.5) is 30.2 Å². The zero-order valence-corrected chi connectivity index (χ0v) is 9.60. The van der Waals surface area contributed by atoms with Crippen molar-refractivity contribution in [2.45, 2.75) is 6.92 Å². The number of rotatable bonds is 2. The zero-order chi connectivity index (χ0) is 13.3. The molecule has 0 amide bonds. The van der Waals surface area contributed by atoms with Gasteiger partial charge in [-0.05, 0) is 36.8 Å². The molecule has 2 nitrogen and oxygen atoms in total. The Morgan fingerprint density at radius 1 is 0.944 bits per heavy atom. The van der Waals surface area contributed by atoms with E-state index in [2.05, 4.69) is 5.32 Å². The molecule has 0 saturated carbocycles. The van der Waals surface area contributed by atoms with Crippen LogP contribution in [0.25, 0.3) is 0 Å². The van der Waals surface area contributed by atoms with Crippen LogP contribution >= 0.6 is 0 Å². The molecule has 2 rings (SSSR count). The molecule has 2 aromatic carbocycles. The molecule has 0 radical (unpaired) electrons. The first-order valence-corrected chi connectivity index (χ1v) is 5.24. The quantitative estimate of drug-likeness (QED) is 0.799. The average molecular weight is 252 g/mol. The van der Waals surface area contributed by atoms with Gasteiger partial charge in [0.25, 0.3) is 0 Å². The van der Waals surface area contributed by atoms with Crippen LogP contribution in [-0.2, 0) is 0 Å². The lowest BCUT2D eigenvalue weighted by Gasteiger charge is -2.11. The Bertz CT molecular complexity index is 577. The molecule has 0 bridgehead atoms. The first-order chi connectivity index (χ1) is 8.45. The standard InChI is InChI=1S/C13H11F3N2/c1-7-2-8(14)4-10(3-7)18-12-6-9(15)5-11(16)13(12)17/h2-6,18H,17H2,1H3. The summed E-state index contributed by atoms with van der Waals surface area (Å²) in [5, 5.41) is 2.69. The summed E-state index contributed by atoms with van der Waals surface area (Å²) < 4.78 is 39.5. The van der Waals surface area contributed by atoms with Crippen molar-refractivity contribution in [1.29, 1.82) is 0 Å². The third-order valence-corrected chi connectivity index (χ3v) is 2.42. The summed E-state index contributed by atoms with van der Waals surface area (Å²) in [6.07, 6.45) is 0. The number of aryl methyl sites for hydroxylation is 1. The van der Waals surface area contributed by atoms with Crippen LogP contribution in [0.1, 0.15) is 5.56 Å². The van der Waals surface area contributed by atoms with Crippen molar-refractivity contribution in [3.8, 4) is 0 Å². The minimum Gasteiger partial charge on any atom is -0.395 e. The summed E-state index contributed by atoms with van der Waals surface area (Å²) in [7, 11) is 0. The van der Waals surface area contributed by atoms with E-state index in [1.165, 1.54) is 12.1 Å². The van der Waals surface area contributed by atoms with Crippen LogP contribution in [0.3, 0.4) is 0 Å². The molecule has 0 fully saturated rings. The van der Waals surface area contributed by atoms with E-state index in [-0.39, 0.29) is 11.4 Å². The van der Waals surface area contributed by atoms with Crippen LogP contribution in [0.2, 0.25) is 0 Å². The van der Waals surface area contributed by atoms with E-state index in [0.29, 0.717) is 17.3 Å². The van der Waals surface area contributed by atoms with Gasteiger partial charge in [0, 0.05) is 11.8 Å². The highest BCUT2D eigenvalue weighted by Crippen LogP contribution is 2.27. The molecule has 5 heteroatoms. The Morgan fingerprint density at radius 2 is 1.61 bits per heavy atom. The molecule has 2 aromatic rings. The molecule has 0 atom stereocenters. The second kappa shape index (κ2) is 4.60. The Kier molecular flexibility index (Phi) is 3.14. The highest BCUT2D eigenvalue weighted by Gasteiger charge is 2.09. The van der Waals surface area contributed by atoms with Crippen LogP contribution in [0, 0.1) is 24.4 Å². The fourth-order valence-corrected chi connectivity index (χ4v) is 1.65. The van der Waals surface area contributed by atoms with E-state index in [9.17, 15) is 13.2 Å². The molecule has 0 heterocycles. The lowest BCUT2D eigenvalue weighted by molar-refractivity contribution is 0.587. The molecule has 0 aromatic heterocycles. The minimum atomic E-state index is -0.856. The van der Waals surface area contributed by atoms with E-state index in [0.717, 1.165) is 6.07 Å². The van der Waals surface area contributed by atoms with E-state index in [1.807, 2.05) is 0 Å². The monoisotopic (exact) mass is 252 g/mol. The summed E-state index contributed by atoms with van der Waals surface area (Å²) >= 11 is 0. The first kappa shape index (κ1) is 12.3. The number of nitrogen functional groups attached to an aromatic ring is 1. The predicted octanol–water partition coefficient (Wildman–Crippen LogP) is 3.74. The molecule has 0 aliphatic carbocycles. The second-order valence-electron chi connectivity index (χ2n) is 3.99. The SMILES string of the molecule is Cc1cc(F)cc(Nc2cc(F)cc(F)c2N)c1. The van der Waals surface area contributed by atoms with Gasteiger partial charge in [-0.25, -0.2) is 13.2 Å². The van der Waals surface area contributed by atoms with E-state index < -0.39 is 17.5 Å². The van der Waals surface area contributed by atoms with Gasteiger partial charge in [-0.2, -0.15) is 0 Å². The van der Waals surface area contributed by atoms with Gasteiger partial charge in [-0.3, -0.25) is 0 Å². The summed E-state index contributed by atoms with van der Waals surface area (Å²) in [6.45, 7) is 1.71. The lowest BCUT2D eigenvalue weighted by atomic mass is 10.2. The largest absolute Gasteiger partial charge is 0.395 e. The van der Waals surface area contributed by atoms with Crippen LogP contribution in [0.5, 0.6) is 0 Å². The number of nitrogens with two attached hydrogens (primary N) is 1. The third-order valence-electron chi connectivity index (χ3n) is 2.42. The van der Waals surface area contributed by atoms with Crippen LogP contribution in [-0.4, -0.2) is 0 Å². The Morgan fingerprint density at radius 3 is 2.28 bits per heavy atom. The number of benzene rings is 2. The molecule has 3 N–H and O–H groups in total. The highest BCUT2D eigenvalue weighted by molar-refractivity contribution is 5.73. The van der Waals surface area contributed by atoms with Gasteiger partial charge >= 0.3 is 0 Å². The number of hydrogen-bond acceptors (Lipinski definition) is 2. The van der Waals surface area contributed by atoms with Gasteiger partial charge in [-0.1, -0.05) is 0 Å². The molecule has 0 unspecified atom stereocenters. The van der Waals surface area contributed by atoms with Gasteiger partial charge < -0.3 is 11.1 Å². The lowest BCUT2D eigenvalue weighted by Crippen LogP contribution is -2.00. The van der Waals surface area contributed by atoms with Crippen molar-refractivity contribution < 1.29 is 13.2 Å². The van der Waals surface area contributed by atoms with Gasteiger partial charge in [0.05, 0.1) is 11.4 Å². The molecular weight excluding hydrogens is 241 g/mol. The Balaban J connectivity index is 2.39. The smallest absolute Gasteiger partial charge is 0.151 e. The maximum atomic E-state index is 13.2. The summed E-state index contributed by atoms with van der Waals surface area (Å²) in [4.78, 5) is 0. The zero-order valence-electron chi connectivity index (χ0n) is 9.60. The van der Waals surface area contributed by atoms with E-state index in [1.54, 1.807) is 13.0 Å². The van der Waals surface area contributed by atoms with Crippen LogP contribution < -0.4 is 11.1 Å². The molecule has 18 heavy (non-hydrogen) atoms. The molecule has 0 aliphatic rings. The van der Waals surface area contributed by atoms with Crippen molar-refractivity contribution >= 4 is 17.1 Å². The molecular formula is C13H11F3N2. The Hall–Kier alpha value is -2.17. The maximum Gasteiger partial charge on any atom is 0.151 e. The van der Waals surface area contributed by atoms with Crippen molar-refractivity contribution in [3.05, 3.63) is 53.3 Å². The van der Waals surface area contributed by atoms with Gasteiger partial charge in [0.15, 0.2) is 5.82 Å². The van der Waals surface area contributed by atoms with Gasteiger partial charge in [0.1, 0.15) is 11.6 Å². The summed E-state index contributed by atoms with van der Waals surface area (Å²) in [5.74, 6) is -2.05. The van der Waals surface area contributed by atoms with Gasteiger partial charge in [0.2, 0.25) is 0 Å². The second-order valence-corrected chi connectivity index (χ2v) is 3.99.